The Bertz CT molecular complexity index is 1120. The molecule has 0 bridgehead atoms. The number of benzene rings is 2. The molecule has 0 atom stereocenters. The molecule has 2 aromatic carbocycles. The average Bonchev–Trinajstić information content (AvgIpc) is 2.95. The van der Waals surface area contributed by atoms with Gasteiger partial charge in [0.1, 0.15) is 11.5 Å². The molecule has 4 rings (SSSR count). The van der Waals surface area contributed by atoms with Crippen LogP contribution in [0.15, 0.2) is 72.5 Å². The Morgan fingerprint density at radius 1 is 0.923 bits per heavy atom. The van der Waals surface area contributed by atoms with Gasteiger partial charge in [-0.3, -0.25) is 4.68 Å². The van der Waals surface area contributed by atoms with E-state index in [9.17, 15) is 10.2 Å². The van der Waals surface area contributed by atoms with E-state index in [1.807, 2.05) is 66.7 Å². The van der Waals surface area contributed by atoms with Crippen molar-refractivity contribution >= 4 is 17.4 Å². The number of nitrogens with zero attached hydrogens (tertiary/aromatic N) is 2. The molecule has 0 unspecified atom stereocenters. The maximum Gasteiger partial charge on any atom is 0.142 e. The molecule has 4 nitrogen and oxygen atoms in total. The van der Waals surface area contributed by atoms with Gasteiger partial charge < -0.3 is 10.2 Å². The molecule has 1 aliphatic carbocycles. The van der Waals surface area contributed by atoms with Crippen LogP contribution in [0.4, 0.5) is 0 Å². The lowest BCUT2D eigenvalue weighted by atomic mass is 10.0. The van der Waals surface area contributed by atoms with Crippen LogP contribution >= 0.6 is 0 Å². The van der Waals surface area contributed by atoms with E-state index in [-0.39, 0.29) is 12.4 Å². The van der Waals surface area contributed by atoms with E-state index in [0.717, 1.165) is 16.5 Å². The molecular formula is C22H18N2O2. The smallest absolute Gasteiger partial charge is 0.142 e. The van der Waals surface area contributed by atoms with Gasteiger partial charge in [-0.15, -0.1) is 5.73 Å². The predicted octanol–water partition coefficient (Wildman–Crippen LogP) is 2.24. The zero-order chi connectivity index (χ0) is 17.9. The molecule has 2 N–H and O–H groups in total. The molecule has 26 heavy (non-hydrogen) atoms. The highest BCUT2D eigenvalue weighted by atomic mass is 16.3. The van der Waals surface area contributed by atoms with Gasteiger partial charge in [0.15, 0.2) is 0 Å². The molecule has 0 spiro atoms. The number of aromatic nitrogens is 2. The van der Waals surface area contributed by atoms with Crippen molar-refractivity contribution < 1.29 is 10.2 Å². The summed E-state index contributed by atoms with van der Waals surface area (Å²) in [5.41, 5.74) is 6.29. The van der Waals surface area contributed by atoms with Gasteiger partial charge in [0.05, 0.1) is 29.3 Å². The van der Waals surface area contributed by atoms with Crippen molar-refractivity contribution in [1.82, 2.24) is 9.78 Å². The monoisotopic (exact) mass is 342 g/mol. The maximum atomic E-state index is 11.1. The third-order valence-corrected chi connectivity index (χ3v) is 4.36. The number of fused-ring (bicyclic) bond motifs is 1. The van der Waals surface area contributed by atoms with E-state index < -0.39 is 0 Å². The summed E-state index contributed by atoms with van der Waals surface area (Å²) in [5, 5.41) is 26.6. The third kappa shape index (κ3) is 2.78. The normalized spacial score (nSPS) is 13.0. The molecule has 1 heterocycles. The number of rotatable bonds is 4. The summed E-state index contributed by atoms with van der Waals surface area (Å²) >= 11 is 0. The highest BCUT2D eigenvalue weighted by Gasteiger charge is 2.17. The summed E-state index contributed by atoms with van der Waals surface area (Å²) in [6.07, 6.45) is 3.66. The first-order valence-electron chi connectivity index (χ1n) is 8.49. The van der Waals surface area contributed by atoms with E-state index in [1.165, 1.54) is 0 Å². The Kier molecular flexibility index (Phi) is 4.28. The second-order valence-electron chi connectivity index (χ2n) is 5.99. The number of hydrogen-bond donors (Lipinski definition) is 2. The van der Waals surface area contributed by atoms with Gasteiger partial charge in [-0.1, -0.05) is 60.7 Å². The summed E-state index contributed by atoms with van der Waals surface area (Å²) in [6.45, 7) is 0.326. The molecule has 128 valence electrons. The van der Waals surface area contributed by atoms with Gasteiger partial charge in [0.2, 0.25) is 0 Å². The highest BCUT2D eigenvalue weighted by Crippen LogP contribution is 2.22. The first-order chi connectivity index (χ1) is 12.8. The van der Waals surface area contributed by atoms with Gasteiger partial charge in [0.25, 0.3) is 0 Å². The van der Waals surface area contributed by atoms with Crippen LogP contribution < -0.4 is 10.6 Å². The maximum absolute atomic E-state index is 11.1. The van der Waals surface area contributed by atoms with E-state index >= 15 is 0 Å². The Hall–Kier alpha value is -3.33. The van der Waals surface area contributed by atoms with Crippen molar-refractivity contribution in [3.05, 3.63) is 88.6 Å². The SMILES string of the molecule is OCCn1nc(-c2ccccc2)c2c1=CC=C=C(c1ccccc1)C=2O. The van der Waals surface area contributed by atoms with Crippen LogP contribution in [0.3, 0.4) is 0 Å². The van der Waals surface area contributed by atoms with E-state index in [4.69, 9.17) is 0 Å². The van der Waals surface area contributed by atoms with Crippen LogP contribution in [0, 0.1) is 0 Å². The zero-order valence-electron chi connectivity index (χ0n) is 14.1. The van der Waals surface area contributed by atoms with E-state index in [0.29, 0.717) is 23.0 Å². The Morgan fingerprint density at radius 3 is 2.23 bits per heavy atom. The van der Waals surface area contributed by atoms with Gasteiger partial charge >= 0.3 is 0 Å². The topological polar surface area (TPSA) is 58.3 Å². The summed E-state index contributed by atoms with van der Waals surface area (Å²) in [6, 6.07) is 19.4. The summed E-state index contributed by atoms with van der Waals surface area (Å²) in [4.78, 5) is 0. The van der Waals surface area contributed by atoms with Crippen LogP contribution in [0.5, 0.6) is 0 Å². The van der Waals surface area contributed by atoms with E-state index in [2.05, 4.69) is 10.8 Å². The van der Waals surface area contributed by atoms with Crippen molar-refractivity contribution in [2.24, 2.45) is 0 Å². The van der Waals surface area contributed by atoms with Crippen LogP contribution in [0.25, 0.3) is 28.7 Å². The fourth-order valence-corrected chi connectivity index (χ4v) is 3.16. The number of hydrogen-bond acceptors (Lipinski definition) is 3. The molecule has 3 aromatic rings. The zero-order valence-corrected chi connectivity index (χ0v) is 14.1. The predicted molar refractivity (Wildman–Crippen MR) is 102 cm³/mol. The Labute approximate surface area is 151 Å². The molecule has 0 radical (unpaired) electrons. The largest absolute Gasteiger partial charge is 0.506 e. The summed E-state index contributed by atoms with van der Waals surface area (Å²) < 4.78 is 1.72. The van der Waals surface area contributed by atoms with Gasteiger partial charge in [-0.05, 0) is 17.7 Å². The van der Waals surface area contributed by atoms with Crippen molar-refractivity contribution in [3.8, 4) is 11.3 Å². The minimum Gasteiger partial charge on any atom is -0.506 e. The van der Waals surface area contributed by atoms with Gasteiger partial charge in [0, 0.05) is 5.56 Å². The highest BCUT2D eigenvalue weighted by molar-refractivity contribution is 5.95. The lowest BCUT2D eigenvalue weighted by molar-refractivity contribution is 0.268. The van der Waals surface area contributed by atoms with E-state index in [1.54, 1.807) is 10.8 Å². The molecule has 0 fully saturated rings. The second-order valence-corrected chi connectivity index (χ2v) is 5.99. The van der Waals surface area contributed by atoms with Gasteiger partial charge in [-0.25, -0.2) is 0 Å². The molecular weight excluding hydrogens is 324 g/mol. The quantitative estimate of drug-likeness (QED) is 0.715. The fraction of sp³-hybridized carbons (Fsp3) is 0.0909. The fourth-order valence-electron chi connectivity index (χ4n) is 3.16. The lowest BCUT2D eigenvalue weighted by Crippen LogP contribution is -2.32. The minimum atomic E-state index is -0.0281. The first kappa shape index (κ1) is 16.2. The van der Waals surface area contributed by atoms with Crippen molar-refractivity contribution in [2.75, 3.05) is 6.61 Å². The van der Waals surface area contributed by atoms with Crippen LogP contribution in [0.1, 0.15) is 5.56 Å². The number of aliphatic hydroxyl groups is 2. The van der Waals surface area contributed by atoms with Crippen LogP contribution in [0.2, 0.25) is 0 Å². The van der Waals surface area contributed by atoms with Gasteiger partial charge in [-0.2, -0.15) is 5.10 Å². The van der Waals surface area contributed by atoms with Crippen molar-refractivity contribution in [2.45, 2.75) is 6.54 Å². The average molecular weight is 342 g/mol. The third-order valence-electron chi connectivity index (χ3n) is 4.36. The van der Waals surface area contributed by atoms with Crippen molar-refractivity contribution in [3.63, 3.8) is 0 Å². The molecule has 4 heteroatoms. The molecule has 0 aliphatic heterocycles. The lowest BCUT2D eigenvalue weighted by Gasteiger charge is -2.04. The molecule has 0 saturated heterocycles. The number of aliphatic hydroxyl groups excluding tert-OH is 2. The first-order valence-corrected chi connectivity index (χ1v) is 8.49. The molecule has 0 saturated carbocycles. The molecule has 0 amide bonds. The summed E-state index contributed by atoms with van der Waals surface area (Å²) in [7, 11) is 0. The van der Waals surface area contributed by atoms with Crippen molar-refractivity contribution in [1.29, 1.82) is 0 Å². The van der Waals surface area contributed by atoms with Crippen LogP contribution in [-0.2, 0) is 6.54 Å². The Balaban J connectivity index is 2.05. The molecule has 1 aliphatic rings. The minimum absolute atomic E-state index is 0.0281. The summed E-state index contributed by atoms with van der Waals surface area (Å²) in [5.74, 6) is 0.138. The van der Waals surface area contributed by atoms with Crippen LogP contribution in [-0.4, -0.2) is 26.6 Å². The molecule has 1 aromatic heterocycles. The Morgan fingerprint density at radius 2 is 1.58 bits per heavy atom. The second kappa shape index (κ2) is 6.89. The standard InChI is InChI=1S/C22H18N2O2/c25-15-14-24-19-13-7-12-18(16-8-3-1-4-9-16)22(26)20(19)21(23-24)17-10-5-2-6-11-17/h1-11,13,25-26H,14-15H2.